The summed E-state index contributed by atoms with van der Waals surface area (Å²) in [6.45, 7) is 8.77. The number of piperidine rings is 1. The summed E-state index contributed by atoms with van der Waals surface area (Å²) in [5, 5.41) is 0. The molecule has 0 amide bonds. The van der Waals surface area contributed by atoms with Crippen LogP contribution < -0.4 is 4.74 Å². The van der Waals surface area contributed by atoms with Crippen molar-refractivity contribution in [2.75, 3.05) is 40.0 Å². The number of hydrogen-bond acceptors (Lipinski definition) is 5. The SMILES string of the molecule is COc1ccc(CCn2c(C)cc(C(=O)CN3CCC(C4OCCO4)CC3)c2C)cc1. The highest BCUT2D eigenvalue weighted by molar-refractivity contribution is 5.99. The number of aryl methyl sites for hydroxylation is 2. The van der Waals surface area contributed by atoms with Crippen molar-refractivity contribution < 1.29 is 19.0 Å². The summed E-state index contributed by atoms with van der Waals surface area (Å²) in [7, 11) is 1.68. The van der Waals surface area contributed by atoms with E-state index in [1.807, 2.05) is 12.1 Å². The predicted molar refractivity (Wildman–Crippen MR) is 120 cm³/mol. The summed E-state index contributed by atoms with van der Waals surface area (Å²) in [4.78, 5) is 15.3. The Morgan fingerprint density at radius 3 is 2.42 bits per heavy atom. The second kappa shape index (κ2) is 9.98. The molecular weight excluding hydrogens is 392 g/mol. The first kappa shape index (κ1) is 22.1. The van der Waals surface area contributed by atoms with Crippen molar-refractivity contribution in [2.45, 2.75) is 45.9 Å². The Bertz CT molecular complexity index is 876. The van der Waals surface area contributed by atoms with Gasteiger partial charge in [-0.3, -0.25) is 9.69 Å². The molecule has 168 valence electrons. The second-order valence-electron chi connectivity index (χ2n) is 8.68. The first-order valence-corrected chi connectivity index (χ1v) is 11.3. The number of ether oxygens (including phenoxy) is 3. The molecule has 2 saturated heterocycles. The maximum Gasteiger partial charge on any atom is 0.178 e. The molecule has 0 radical (unpaired) electrons. The molecule has 0 spiro atoms. The first-order valence-electron chi connectivity index (χ1n) is 11.3. The molecule has 0 N–H and O–H groups in total. The van der Waals surface area contributed by atoms with Gasteiger partial charge in [0.05, 0.1) is 26.9 Å². The van der Waals surface area contributed by atoms with Crippen LogP contribution in [-0.4, -0.2) is 61.5 Å². The van der Waals surface area contributed by atoms with E-state index in [0.717, 1.165) is 61.6 Å². The minimum atomic E-state index is -0.0394. The largest absolute Gasteiger partial charge is 0.497 e. The molecule has 6 heteroatoms. The van der Waals surface area contributed by atoms with E-state index in [0.29, 0.717) is 25.7 Å². The van der Waals surface area contributed by atoms with Crippen LogP contribution in [0.25, 0.3) is 0 Å². The monoisotopic (exact) mass is 426 g/mol. The number of methoxy groups -OCH3 is 1. The molecule has 1 aromatic heterocycles. The fourth-order valence-corrected chi connectivity index (χ4v) is 4.78. The van der Waals surface area contributed by atoms with E-state index in [1.165, 1.54) is 5.56 Å². The highest BCUT2D eigenvalue weighted by Crippen LogP contribution is 2.26. The number of benzene rings is 1. The number of hydrogen-bond donors (Lipinski definition) is 0. The number of carbonyl (C=O) groups is 1. The van der Waals surface area contributed by atoms with E-state index in [-0.39, 0.29) is 12.1 Å². The molecule has 0 saturated carbocycles. The average Bonchev–Trinajstić information content (AvgIpc) is 3.42. The van der Waals surface area contributed by atoms with Crippen molar-refractivity contribution in [3.8, 4) is 5.75 Å². The van der Waals surface area contributed by atoms with E-state index in [9.17, 15) is 4.79 Å². The second-order valence-corrected chi connectivity index (χ2v) is 8.68. The Morgan fingerprint density at radius 2 is 1.77 bits per heavy atom. The normalized spacial score (nSPS) is 18.5. The third kappa shape index (κ3) is 5.20. The van der Waals surface area contributed by atoms with Gasteiger partial charge in [0.2, 0.25) is 0 Å². The summed E-state index contributed by atoms with van der Waals surface area (Å²) >= 11 is 0. The van der Waals surface area contributed by atoms with Crippen LogP contribution in [0.3, 0.4) is 0 Å². The Balaban J connectivity index is 1.32. The van der Waals surface area contributed by atoms with E-state index < -0.39 is 0 Å². The zero-order valence-corrected chi connectivity index (χ0v) is 18.9. The molecule has 3 heterocycles. The molecule has 2 fully saturated rings. The van der Waals surface area contributed by atoms with Crippen LogP contribution in [0.15, 0.2) is 30.3 Å². The molecule has 0 atom stereocenters. The number of rotatable bonds is 8. The summed E-state index contributed by atoms with van der Waals surface area (Å²) in [6.07, 6.45) is 2.94. The fraction of sp³-hybridized carbons (Fsp3) is 0.560. The first-order chi connectivity index (χ1) is 15.0. The van der Waals surface area contributed by atoms with Gasteiger partial charge in [0.1, 0.15) is 5.75 Å². The number of nitrogens with zero attached hydrogens (tertiary/aromatic N) is 2. The molecule has 0 bridgehead atoms. The lowest BCUT2D eigenvalue weighted by atomic mass is 9.96. The molecule has 31 heavy (non-hydrogen) atoms. The molecule has 0 aliphatic carbocycles. The third-order valence-electron chi connectivity index (χ3n) is 6.69. The Kier molecular flexibility index (Phi) is 7.10. The van der Waals surface area contributed by atoms with Crippen molar-refractivity contribution in [1.29, 1.82) is 0 Å². The van der Waals surface area contributed by atoms with E-state index >= 15 is 0 Å². The predicted octanol–water partition coefficient (Wildman–Crippen LogP) is 3.62. The Hall–Kier alpha value is -2.15. The number of aromatic nitrogens is 1. The lowest BCUT2D eigenvalue weighted by molar-refractivity contribution is -0.0968. The van der Waals surface area contributed by atoms with Crippen molar-refractivity contribution in [1.82, 2.24) is 9.47 Å². The third-order valence-corrected chi connectivity index (χ3v) is 6.69. The van der Waals surface area contributed by atoms with Gasteiger partial charge in [0.25, 0.3) is 0 Å². The summed E-state index contributed by atoms with van der Waals surface area (Å²) in [5.41, 5.74) is 4.33. The highest BCUT2D eigenvalue weighted by Gasteiger charge is 2.31. The molecule has 1 aromatic carbocycles. The minimum Gasteiger partial charge on any atom is -0.497 e. The summed E-state index contributed by atoms with van der Waals surface area (Å²) in [6, 6.07) is 10.2. The van der Waals surface area contributed by atoms with Crippen molar-refractivity contribution in [2.24, 2.45) is 5.92 Å². The van der Waals surface area contributed by atoms with Crippen molar-refractivity contribution in [3.05, 3.63) is 52.8 Å². The van der Waals surface area contributed by atoms with E-state index in [2.05, 4.69) is 41.5 Å². The number of carbonyl (C=O) groups excluding carboxylic acids is 1. The Labute approximate surface area is 185 Å². The lowest BCUT2D eigenvalue weighted by Gasteiger charge is -2.33. The summed E-state index contributed by atoms with van der Waals surface area (Å²) in [5.74, 6) is 1.55. The molecule has 0 unspecified atom stereocenters. The van der Waals surface area contributed by atoms with Crippen LogP contribution in [0.4, 0.5) is 0 Å². The number of likely N-dealkylation sites (tertiary alicyclic amines) is 1. The van der Waals surface area contributed by atoms with Gasteiger partial charge in [-0.15, -0.1) is 0 Å². The minimum absolute atomic E-state index is 0.0394. The smallest absolute Gasteiger partial charge is 0.178 e. The van der Waals surface area contributed by atoms with E-state index in [1.54, 1.807) is 7.11 Å². The molecule has 2 aliphatic heterocycles. The van der Waals surface area contributed by atoms with Crippen molar-refractivity contribution >= 4 is 5.78 Å². The van der Waals surface area contributed by atoms with Gasteiger partial charge in [-0.2, -0.15) is 0 Å². The van der Waals surface area contributed by atoms with Crippen LogP contribution in [0.2, 0.25) is 0 Å². The van der Waals surface area contributed by atoms with Gasteiger partial charge < -0.3 is 18.8 Å². The standard InChI is InChI=1S/C25H34N2O4/c1-18-16-23(19(2)27(18)13-8-20-4-6-22(29-3)7-5-20)24(28)17-26-11-9-21(10-12-26)25-30-14-15-31-25/h4-7,16,21,25H,8-15,17H2,1-3H3. The van der Waals surface area contributed by atoms with Crippen LogP contribution >= 0.6 is 0 Å². The molecule has 4 rings (SSSR count). The zero-order chi connectivity index (χ0) is 21.8. The number of Topliss-reactive ketones (excluding diaryl/α,β-unsaturated/α-hetero) is 1. The molecule has 6 nitrogen and oxygen atoms in total. The van der Waals surface area contributed by atoms with Crippen LogP contribution in [-0.2, 0) is 22.4 Å². The van der Waals surface area contributed by atoms with Gasteiger partial charge >= 0.3 is 0 Å². The lowest BCUT2D eigenvalue weighted by Crippen LogP contribution is -2.40. The summed E-state index contributed by atoms with van der Waals surface area (Å²) < 4.78 is 18.8. The van der Waals surface area contributed by atoms with Gasteiger partial charge in [0, 0.05) is 29.4 Å². The van der Waals surface area contributed by atoms with Gasteiger partial charge in [-0.25, -0.2) is 0 Å². The molecule has 2 aliphatic rings. The van der Waals surface area contributed by atoms with Gasteiger partial charge in [-0.05, 0) is 70.0 Å². The van der Waals surface area contributed by atoms with Crippen molar-refractivity contribution in [3.63, 3.8) is 0 Å². The van der Waals surface area contributed by atoms with Crippen LogP contribution in [0.1, 0.15) is 40.2 Å². The van der Waals surface area contributed by atoms with Gasteiger partial charge in [-0.1, -0.05) is 12.1 Å². The molecule has 2 aromatic rings. The van der Waals surface area contributed by atoms with Crippen LogP contribution in [0, 0.1) is 19.8 Å². The average molecular weight is 427 g/mol. The quantitative estimate of drug-likeness (QED) is 0.604. The zero-order valence-electron chi connectivity index (χ0n) is 18.9. The highest BCUT2D eigenvalue weighted by atomic mass is 16.7. The van der Waals surface area contributed by atoms with Crippen LogP contribution in [0.5, 0.6) is 5.75 Å². The Morgan fingerprint density at radius 1 is 1.10 bits per heavy atom. The fourth-order valence-electron chi connectivity index (χ4n) is 4.78. The topological polar surface area (TPSA) is 52.9 Å². The number of ketones is 1. The molecular formula is C25H34N2O4. The maximum absolute atomic E-state index is 13.1. The maximum atomic E-state index is 13.1. The van der Waals surface area contributed by atoms with Gasteiger partial charge in [0.15, 0.2) is 12.1 Å². The van der Waals surface area contributed by atoms with E-state index in [4.69, 9.17) is 14.2 Å².